The summed E-state index contributed by atoms with van der Waals surface area (Å²) >= 11 is 0. The summed E-state index contributed by atoms with van der Waals surface area (Å²) < 4.78 is 11.9. The molecule has 168 valence electrons. The highest BCUT2D eigenvalue weighted by atomic mass is 16.5. The summed E-state index contributed by atoms with van der Waals surface area (Å²) in [5, 5.41) is 8.32. The lowest BCUT2D eigenvalue weighted by Gasteiger charge is -2.09. The molecule has 8 heteroatoms. The van der Waals surface area contributed by atoms with Crippen LogP contribution in [0.2, 0.25) is 0 Å². The van der Waals surface area contributed by atoms with E-state index in [0.29, 0.717) is 17.7 Å². The number of hydrogen-bond acceptors (Lipinski definition) is 7. The minimum Gasteiger partial charge on any atom is -0.465 e. The van der Waals surface area contributed by atoms with Crippen molar-refractivity contribution in [2.24, 2.45) is 0 Å². The van der Waals surface area contributed by atoms with Crippen LogP contribution in [0.3, 0.4) is 0 Å². The van der Waals surface area contributed by atoms with Crippen LogP contribution >= 0.6 is 0 Å². The standard InChI is InChI=1S/C24H28N4O4/c1-18(29)32-16-22-15-20(24(30)31-2)14-21(26-22)11-6-12-23-27-25-17-28(23)13-7-10-19-8-4-3-5-9-19/h3-5,8-9,14-15,17H,6-7,10-13,16H2,1-2H3. The first-order valence-corrected chi connectivity index (χ1v) is 10.7. The van der Waals surface area contributed by atoms with Crippen LogP contribution in [-0.2, 0) is 46.7 Å². The Bertz CT molecular complexity index is 1030. The molecular formula is C24H28N4O4. The third-order valence-electron chi connectivity index (χ3n) is 5.01. The van der Waals surface area contributed by atoms with Crippen molar-refractivity contribution in [2.45, 2.75) is 52.2 Å². The quantitative estimate of drug-likeness (QED) is 0.425. The van der Waals surface area contributed by atoms with Gasteiger partial charge >= 0.3 is 11.9 Å². The number of hydrogen-bond donors (Lipinski definition) is 0. The summed E-state index contributed by atoms with van der Waals surface area (Å²) in [4.78, 5) is 27.6. The molecule has 0 saturated carbocycles. The lowest BCUT2D eigenvalue weighted by Crippen LogP contribution is -2.09. The molecule has 8 nitrogen and oxygen atoms in total. The zero-order valence-electron chi connectivity index (χ0n) is 18.5. The summed E-state index contributed by atoms with van der Waals surface area (Å²) in [5.41, 5.74) is 2.97. The van der Waals surface area contributed by atoms with Crippen molar-refractivity contribution in [3.63, 3.8) is 0 Å². The van der Waals surface area contributed by atoms with Crippen LogP contribution in [0.25, 0.3) is 0 Å². The van der Waals surface area contributed by atoms with Gasteiger partial charge in [0.05, 0.1) is 18.4 Å². The largest absolute Gasteiger partial charge is 0.465 e. The van der Waals surface area contributed by atoms with Crippen molar-refractivity contribution in [3.8, 4) is 0 Å². The molecular weight excluding hydrogens is 408 g/mol. The molecule has 0 N–H and O–H groups in total. The number of benzene rings is 1. The highest BCUT2D eigenvalue weighted by molar-refractivity contribution is 5.89. The van der Waals surface area contributed by atoms with Gasteiger partial charge in [-0.2, -0.15) is 0 Å². The van der Waals surface area contributed by atoms with Gasteiger partial charge in [-0.3, -0.25) is 9.78 Å². The van der Waals surface area contributed by atoms with E-state index in [1.807, 2.05) is 6.07 Å². The first kappa shape index (κ1) is 23.1. The van der Waals surface area contributed by atoms with Gasteiger partial charge in [-0.15, -0.1) is 10.2 Å². The van der Waals surface area contributed by atoms with E-state index in [-0.39, 0.29) is 6.61 Å². The highest BCUT2D eigenvalue weighted by Gasteiger charge is 2.12. The minimum atomic E-state index is -0.448. The number of carbonyl (C=O) groups is 2. The van der Waals surface area contributed by atoms with Crippen LogP contribution in [0, 0.1) is 0 Å². The lowest BCUT2D eigenvalue weighted by molar-refractivity contribution is -0.142. The predicted molar refractivity (Wildman–Crippen MR) is 118 cm³/mol. The summed E-state index contributed by atoms with van der Waals surface area (Å²) in [6, 6.07) is 13.7. The van der Waals surface area contributed by atoms with Gasteiger partial charge in [0.15, 0.2) is 0 Å². The van der Waals surface area contributed by atoms with Gasteiger partial charge in [-0.1, -0.05) is 30.3 Å². The van der Waals surface area contributed by atoms with Crippen LogP contribution in [0.4, 0.5) is 0 Å². The Morgan fingerprint density at radius 1 is 1.00 bits per heavy atom. The van der Waals surface area contributed by atoms with E-state index in [0.717, 1.165) is 43.7 Å². The SMILES string of the molecule is COC(=O)c1cc(CCCc2nncn2CCCc2ccccc2)nc(COC(C)=O)c1. The van der Waals surface area contributed by atoms with Gasteiger partial charge in [0.25, 0.3) is 0 Å². The molecule has 3 aromatic rings. The third kappa shape index (κ3) is 7.01. The first-order valence-electron chi connectivity index (χ1n) is 10.7. The van der Waals surface area contributed by atoms with Crippen molar-refractivity contribution in [1.82, 2.24) is 19.7 Å². The van der Waals surface area contributed by atoms with E-state index >= 15 is 0 Å². The number of methoxy groups -OCH3 is 1. The maximum atomic E-state index is 12.0. The van der Waals surface area contributed by atoms with Crippen molar-refractivity contribution in [3.05, 3.63) is 77.1 Å². The van der Waals surface area contributed by atoms with Gasteiger partial charge in [0.1, 0.15) is 18.8 Å². The van der Waals surface area contributed by atoms with E-state index in [4.69, 9.17) is 9.47 Å². The molecule has 0 saturated heterocycles. The topological polar surface area (TPSA) is 96.2 Å². The van der Waals surface area contributed by atoms with Gasteiger partial charge in [-0.05, 0) is 43.4 Å². The van der Waals surface area contributed by atoms with Crippen molar-refractivity contribution >= 4 is 11.9 Å². The fraction of sp³-hybridized carbons (Fsp3) is 0.375. The second-order valence-corrected chi connectivity index (χ2v) is 7.49. The van der Waals surface area contributed by atoms with Crippen LogP contribution < -0.4 is 0 Å². The molecule has 3 rings (SSSR count). The number of aromatic nitrogens is 4. The lowest BCUT2D eigenvalue weighted by atomic mass is 10.1. The van der Waals surface area contributed by atoms with E-state index < -0.39 is 11.9 Å². The Hall–Kier alpha value is -3.55. The molecule has 0 fully saturated rings. The molecule has 0 bridgehead atoms. The summed E-state index contributed by atoms with van der Waals surface area (Å²) in [6.07, 6.45) is 5.98. The zero-order valence-corrected chi connectivity index (χ0v) is 18.5. The number of pyridine rings is 1. The van der Waals surface area contributed by atoms with Gasteiger partial charge in [0, 0.05) is 25.6 Å². The van der Waals surface area contributed by atoms with E-state index in [2.05, 4.69) is 44.0 Å². The molecule has 0 amide bonds. The molecule has 1 aromatic carbocycles. The number of ether oxygens (including phenoxy) is 2. The van der Waals surface area contributed by atoms with Gasteiger partial charge < -0.3 is 14.0 Å². The van der Waals surface area contributed by atoms with Crippen molar-refractivity contribution < 1.29 is 19.1 Å². The average Bonchev–Trinajstić information content (AvgIpc) is 3.25. The van der Waals surface area contributed by atoms with Crippen molar-refractivity contribution in [1.29, 1.82) is 0 Å². The monoisotopic (exact) mass is 436 g/mol. The Kier molecular flexibility index (Phi) is 8.48. The molecule has 0 aliphatic carbocycles. The molecule has 0 aliphatic heterocycles. The van der Waals surface area contributed by atoms with Crippen LogP contribution in [-0.4, -0.2) is 38.8 Å². The summed E-state index contributed by atoms with van der Waals surface area (Å²) in [5.74, 6) is 0.0848. The fourth-order valence-corrected chi connectivity index (χ4v) is 3.45. The molecule has 0 unspecified atom stereocenters. The minimum absolute atomic E-state index is 0.0168. The predicted octanol–water partition coefficient (Wildman–Crippen LogP) is 3.33. The van der Waals surface area contributed by atoms with E-state index in [1.54, 1.807) is 18.5 Å². The number of nitrogens with zero attached hydrogens (tertiary/aromatic N) is 4. The molecule has 0 atom stereocenters. The molecule has 2 aromatic heterocycles. The first-order chi connectivity index (χ1) is 15.5. The Labute approximate surface area is 187 Å². The summed E-state index contributed by atoms with van der Waals surface area (Å²) in [6.45, 7) is 2.21. The number of carbonyl (C=O) groups excluding carboxylic acids is 2. The number of aryl methyl sites for hydroxylation is 4. The van der Waals surface area contributed by atoms with Gasteiger partial charge in [-0.25, -0.2) is 4.79 Å². The smallest absolute Gasteiger partial charge is 0.337 e. The van der Waals surface area contributed by atoms with E-state index in [9.17, 15) is 9.59 Å². The Balaban J connectivity index is 1.56. The maximum absolute atomic E-state index is 12.0. The molecule has 2 heterocycles. The summed E-state index contributed by atoms with van der Waals surface area (Å²) in [7, 11) is 1.33. The second kappa shape index (κ2) is 11.7. The molecule has 0 aliphatic rings. The number of esters is 2. The number of rotatable bonds is 11. The van der Waals surface area contributed by atoms with E-state index in [1.165, 1.54) is 19.6 Å². The Morgan fingerprint density at radius 2 is 1.78 bits per heavy atom. The Morgan fingerprint density at radius 3 is 2.53 bits per heavy atom. The fourth-order valence-electron chi connectivity index (χ4n) is 3.45. The van der Waals surface area contributed by atoms with Crippen LogP contribution in [0.15, 0.2) is 48.8 Å². The van der Waals surface area contributed by atoms with Gasteiger partial charge in [0.2, 0.25) is 0 Å². The molecule has 0 spiro atoms. The maximum Gasteiger partial charge on any atom is 0.337 e. The zero-order chi connectivity index (χ0) is 22.8. The molecule has 0 radical (unpaired) electrons. The highest BCUT2D eigenvalue weighted by Crippen LogP contribution is 2.13. The molecule has 32 heavy (non-hydrogen) atoms. The third-order valence-corrected chi connectivity index (χ3v) is 5.01. The van der Waals surface area contributed by atoms with Crippen molar-refractivity contribution in [2.75, 3.05) is 7.11 Å². The normalized spacial score (nSPS) is 10.7. The second-order valence-electron chi connectivity index (χ2n) is 7.49. The van der Waals surface area contributed by atoms with Crippen LogP contribution in [0.5, 0.6) is 0 Å². The average molecular weight is 437 g/mol. The van der Waals surface area contributed by atoms with Crippen LogP contribution in [0.1, 0.15) is 52.9 Å².